The van der Waals surface area contributed by atoms with Gasteiger partial charge in [-0.3, -0.25) is 9.59 Å². The quantitative estimate of drug-likeness (QED) is 0.778. The largest absolute Gasteiger partial charge is 0.326 e. The van der Waals surface area contributed by atoms with Crippen LogP contribution in [-0.4, -0.2) is 11.8 Å². The molecule has 21 heavy (non-hydrogen) atoms. The monoisotopic (exact) mass is 394 g/mol. The third-order valence-electron chi connectivity index (χ3n) is 2.91. The summed E-state index contributed by atoms with van der Waals surface area (Å²) in [4.78, 5) is 23.3. The number of amides is 2. The normalized spacial score (nSPS) is 10.0. The molecule has 0 bridgehead atoms. The highest BCUT2D eigenvalue weighted by molar-refractivity contribution is 14.1. The zero-order valence-corrected chi connectivity index (χ0v) is 13.9. The Balaban J connectivity index is 2.20. The molecular formula is C16H15IN2O2. The summed E-state index contributed by atoms with van der Waals surface area (Å²) in [6.07, 6.45) is 0. The van der Waals surface area contributed by atoms with Gasteiger partial charge in [0.25, 0.3) is 5.91 Å². The maximum absolute atomic E-state index is 12.2. The Hall–Kier alpha value is -1.89. The van der Waals surface area contributed by atoms with E-state index in [1.165, 1.54) is 6.92 Å². The molecule has 0 aliphatic carbocycles. The fourth-order valence-electron chi connectivity index (χ4n) is 1.83. The van der Waals surface area contributed by atoms with E-state index in [-0.39, 0.29) is 11.8 Å². The predicted molar refractivity (Wildman–Crippen MR) is 92.6 cm³/mol. The van der Waals surface area contributed by atoms with Crippen molar-refractivity contribution in [2.75, 3.05) is 10.6 Å². The van der Waals surface area contributed by atoms with Crippen molar-refractivity contribution in [2.24, 2.45) is 0 Å². The van der Waals surface area contributed by atoms with Gasteiger partial charge in [-0.2, -0.15) is 0 Å². The van der Waals surface area contributed by atoms with Gasteiger partial charge in [0.05, 0.1) is 0 Å². The van der Waals surface area contributed by atoms with E-state index in [0.29, 0.717) is 16.9 Å². The Bertz CT molecular complexity index is 681. The molecule has 0 atom stereocenters. The highest BCUT2D eigenvalue weighted by atomic mass is 127. The number of hydrogen-bond acceptors (Lipinski definition) is 2. The zero-order chi connectivity index (χ0) is 15.4. The Labute approximate surface area is 137 Å². The molecule has 0 spiro atoms. The smallest absolute Gasteiger partial charge is 0.255 e. The molecule has 0 fully saturated rings. The van der Waals surface area contributed by atoms with Crippen LogP contribution < -0.4 is 10.6 Å². The molecule has 2 N–H and O–H groups in total. The number of aryl methyl sites for hydroxylation is 1. The zero-order valence-electron chi connectivity index (χ0n) is 11.7. The summed E-state index contributed by atoms with van der Waals surface area (Å²) in [5.74, 6) is -0.316. The van der Waals surface area contributed by atoms with Crippen molar-refractivity contribution < 1.29 is 9.59 Å². The van der Waals surface area contributed by atoms with Crippen LogP contribution in [0.15, 0.2) is 42.5 Å². The molecule has 0 unspecified atom stereocenters. The van der Waals surface area contributed by atoms with Crippen LogP contribution in [-0.2, 0) is 4.79 Å². The van der Waals surface area contributed by atoms with E-state index in [1.54, 1.807) is 24.3 Å². The van der Waals surface area contributed by atoms with Crippen molar-refractivity contribution in [1.82, 2.24) is 0 Å². The van der Waals surface area contributed by atoms with Crippen molar-refractivity contribution in [2.45, 2.75) is 13.8 Å². The minimum absolute atomic E-state index is 0.145. The second-order valence-corrected chi connectivity index (χ2v) is 5.92. The summed E-state index contributed by atoms with van der Waals surface area (Å²) in [6.45, 7) is 3.35. The minimum atomic E-state index is -0.172. The van der Waals surface area contributed by atoms with Gasteiger partial charge in [0.1, 0.15) is 0 Å². The lowest BCUT2D eigenvalue weighted by Gasteiger charge is -2.11. The van der Waals surface area contributed by atoms with E-state index >= 15 is 0 Å². The first-order valence-corrected chi connectivity index (χ1v) is 7.49. The van der Waals surface area contributed by atoms with Crippen molar-refractivity contribution in [3.8, 4) is 0 Å². The molecule has 0 aliphatic heterocycles. The van der Waals surface area contributed by atoms with Crippen LogP contribution in [0.3, 0.4) is 0 Å². The molecule has 0 heterocycles. The summed E-state index contributed by atoms with van der Waals surface area (Å²) >= 11 is 2.19. The van der Waals surface area contributed by atoms with Crippen molar-refractivity contribution >= 4 is 45.8 Å². The van der Waals surface area contributed by atoms with Crippen LogP contribution in [0.1, 0.15) is 22.8 Å². The van der Waals surface area contributed by atoms with E-state index in [0.717, 1.165) is 9.13 Å². The number of carbonyl (C=O) groups is 2. The van der Waals surface area contributed by atoms with Crippen molar-refractivity contribution in [3.63, 3.8) is 0 Å². The second-order valence-electron chi connectivity index (χ2n) is 4.67. The topological polar surface area (TPSA) is 58.2 Å². The van der Waals surface area contributed by atoms with Gasteiger partial charge in [-0.1, -0.05) is 6.07 Å². The Kier molecular flexibility index (Phi) is 4.95. The van der Waals surface area contributed by atoms with Crippen LogP contribution in [0, 0.1) is 10.5 Å². The van der Waals surface area contributed by atoms with E-state index in [1.807, 2.05) is 25.1 Å². The van der Waals surface area contributed by atoms with Crippen LogP contribution in [0.5, 0.6) is 0 Å². The first-order chi connectivity index (χ1) is 9.95. The van der Waals surface area contributed by atoms with E-state index < -0.39 is 0 Å². The Morgan fingerprint density at radius 2 is 1.67 bits per heavy atom. The van der Waals surface area contributed by atoms with Gasteiger partial charge in [0.2, 0.25) is 5.91 Å². The van der Waals surface area contributed by atoms with Crippen molar-refractivity contribution in [1.29, 1.82) is 0 Å². The number of carbonyl (C=O) groups excluding carboxylic acids is 2. The minimum Gasteiger partial charge on any atom is -0.326 e. The average Bonchev–Trinajstić information content (AvgIpc) is 2.42. The maximum Gasteiger partial charge on any atom is 0.255 e. The highest BCUT2D eigenvalue weighted by Gasteiger charge is 2.08. The second kappa shape index (κ2) is 6.71. The number of hydrogen-bond donors (Lipinski definition) is 2. The lowest BCUT2D eigenvalue weighted by atomic mass is 10.1. The Morgan fingerprint density at radius 3 is 2.29 bits per heavy atom. The summed E-state index contributed by atoms with van der Waals surface area (Å²) in [7, 11) is 0. The lowest BCUT2D eigenvalue weighted by Crippen LogP contribution is -2.13. The third-order valence-corrected chi connectivity index (χ3v) is 3.63. The number of halogens is 1. The van der Waals surface area contributed by atoms with Crippen LogP contribution in [0.2, 0.25) is 0 Å². The summed E-state index contributed by atoms with van der Waals surface area (Å²) in [5, 5.41) is 5.57. The molecule has 0 saturated carbocycles. The molecule has 108 valence electrons. The van der Waals surface area contributed by atoms with Gasteiger partial charge in [-0.25, -0.2) is 0 Å². The number of rotatable bonds is 3. The molecule has 2 amide bonds. The highest BCUT2D eigenvalue weighted by Crippen LogP contribution is 2.21. The summed E-state index contributed by atoms with van der Waals surface area (Å²) in [5.41, 5.74) is 2.87. The van der Waals surface area contributed by atoms with Crippen molar-refractivity contribution in [3.05, 3.63) is 57.2 Å². The maximum atomic E-state index is 12.2. The molecule has 2 rings (SSSR count). The average molecular weight is 394 g/mol. The molecule has 2 aromatic carbocycles. The van der Waals surface area contributed by atoms with E-state index in [9.17, 15) is 9.59 Å². The fourth-order valence-corrected chi connectivity index (χ4v) is 2.19. The van der Waals surface area contributed by atoms with Crippen LogP contribution in [0.25, 0.3) is 0 Å². The third kappa shape index (κ3) is 4.29. The molecule has 2 aromatic rings. The molecule has 5 heteroatoms. The standard InChI is InChI=1S/C16H15IN2O2/c1-10-3-8-14(18-11(2)20)9-15(10)19-16(21)12-4-6-13(17)7-5-12/h3-9H,1-2H3,(H,18,20)(H,19,21). The van der Waals surface area contributed by atoms with Crippen LogP contribution >= 0.6 is 22.6 Å². The molecule has 0 aromatic heterocycles. The first kappa shape index (κ1) is 15.5. The van der Waals surface area contributed by atoms with Crippen LogP contribution in [0.4, 0.5) is 11.4 Å². The molecule has 0 aliphatic rings. The molecule has 4 nitrogen and oxygen atoms in total. The molecule has 0 radical (unpaired) electrons. The molecule has 0 saturated heterocycles. The van der Waals surface area contributed by atoms with Gasteiger partial charge < -0.3 is 10.6 Å². The first-order valence-electron chi connectivity index (χ1n) is 6.41. The molecular weight excluding hydrogens is 379 g/mol. The Morgan fingerprint density at radius 1 is 1.00 bits per heavy atom. The predicted octanol–water partition coefficient (Wildman–Crippen LogP) is 3.81. The summed E-state index contributed by atoms with van der Waals surface area (Å²) in [6, 6.07) is 12.7. The summed E-state index contributed by atoms with van der Waals surface area (Å²) < 4.78 is 1.08. The number of benzene rings is 2. The van der Waals surface area contributed by atoms with Gasteiger partial charge in [0.15, 0.2) is 0 Å². The SMILES string of the molecule is CC(=O)Nc1ccc(C)c(NC(=O)c2ccc(I)cc2)c1. The fraction of sp³-hybridized carbons (Fsp3) is 0.125. The van der Waals surface area contributed by atoms with E-state index in [2.05, 4.69) is 33.2 Å². The number of nitrogens with one attached hydrogen (secondary N) is 2. The lowest BCUT2D eigenvalue weighted by molar-refractivity contribution is -0.114. The number of anilines is 2. The van der Waals surface area contributed by atoms with Gasteiger partial charge in [-0.15, -0.1) is 0 Å². The van der Waals surface area contributed by atoms with Gasteiger partial charge >= 0.3 is 0 Å². The van der Waals surface area contributed by atoms with Gasteiger partial charge in [-0.05, 0) is 71.5 Å². The van der Waals surface area contributed by atoms with Gasteiger partial charge in [0, 0.05) is 27.4 Å². The van der Waals surface area contributed by atoms with E-state index in [4.69, 9.17) is 0 Å².